The number of hydrogen-bond donors (Lipinski definition) is 3. The normalized spacial score (nSPS) is 19.5. The number of hydrogen-bond acceptors (Lipinski definition) is 8. The zero-order valence-corrected chi connectivity index (χ0v) is 23.4. The molecule has 4 aromatic rings. The number of carbonyl (C=O) groups excluding carboxylic acids is 1. The molecule has 5 heterocycles. The second-order valence-corrected chi connectivity index (χ2v) is 11.9. The molecule has 4 N–H and O–H groups in total. The summed E-state index contributed by atoms with van der Waals surface area (Å²) in [6.07, 6.45) is 4.09. The first-order valence-electron chi connectivity index (χ1n) is 14.5. The molecule has 212 valence electrons. The molecule has 0 saturated carbocycles. The first-order chi connectivity index (χ1) is 19.9. The third-order valence-corrected chi connectivity index (χ3v) is 9.17. The van der Waals surface area contributed by atoms with E-state index in [0.717, 1.165) is 42.4 Å². The molecule has 0 radical (unpaired) electrons. The van der Waals surface area contributed by atoms with Gasteiger partial charge in [0.2, 0.25) is 0 Å². The van der Waals surface area contributed by atoms with E-state index in [-0.39, 0.29) is 11.7 Å². The van der Waals surface area contributed by atoms with Crippen molar-refractivity contribution in [2.45, 2.75) is 31.7 Å². The van der Waals surface area contributed by atoms with E-state index in [9.17, 15) is 4.79 Å². The zero-order chi connectivity index (χ0) is 28.1. The van der Waals surface area contributed by atoms with Crippen LogP contribution in [0.15, 0.2) is 48.5 Å². The van der Waals surface area contributed by atoms with Crippen molar-refractivity contribution in [2.75, 3.05) is 56.7 Å². The number of fused-ring (bicyclic) bond motifs is 3. The molecule has 0 unspecified atom stereocenters. The molecule has 3 saturated heterocycles. The van der Waals surface area contributed by atoms with Crippen molar-refractivity contribution >= 4 is 45.0 Å². The first-order valence-corrected chi connectivity index (χ1v) is 14.5. The topological polar surface area (TPSA) is 125 Å². The molecule has 41 heavy (non-hydrogen) atoms. The van der Waals surface area contributed by atoms with Crippen LogP contribution in [0.2, 0.25) is 0 Å². The Balaban J connectivity index is 1.23. The molecular weight excluding hydrogens is 516 g/mol. The summed E-state index contributed by atoms with van der Waals surface area (Å²) in [6, 6.07) is 15.9. The van der Waals surface area contributed by atoms with Crippen LogP contribution in [-0.2, 0) is 4.74 Å². The molecular formula is C31H36N8O2. The number of likely N-dealkylation sites (tertiary alicyclic amines) is 1. The lowest BCUT2D eigenvalue weighted by molar-refractivity contribution is 0.0695. The number of nitrogens with one attached hydrogen (secondary N) is 2. The Morgan fingerprint density at radius 1 is 1.02 bits per heavy atom. The van der Waals surface area contributed by atoms with E-state index in [1.807, 2.05) is 41.0 Å². The van der Waals surface area contributed by atoms with Gasteiger partial charge in [-0.3, -0.25) is 10.2 Å². The Kier molecular flexibility index (Phi) is 6.39. The van der Waals surface area contributed by atoms with E-state index in [0.29, 0.717) is 41.1 Å². The minimum Gasteiger partial charge on any atom is -0.381 e. The van der Waals surface area contributed by atoms with Gasteiger partial charge in [0, 0.05) is 59.9 Å². The molecule has 0 bridgehead atoms. The van der Waals surface area contributed by atoms with Crippen LogP contribution in [0, 0.1) is 10.8 Å². The predicted octanol–water partition coefficient (Wildman–Crippen LogP) is 3.79. The number of amides is 1. The van der Waals surface area contributed by atoms with E-state index in [1.165, 1.54) is 31.6 Å². The summed E-state index contributed by atoms with van der Waals surface area (Å²) in [6.45, 7) is 5.82. The molecule has 7 rings (SSSR count). The third-order valence-electron chi connectivity index (χ3n) is 9.17. The molecule has 10 nitrogen and oxygen atoms in total. The van der Waals surface area contributed by atoms with Crippen LogP contribution < -0.4 is 21.4 Å². The van der Waals surface area contributed by atoms with E-state index in [4.69, 9.17) is 25.8 Å². The van der Waals surface area contributed by atoms with Gasteiger partial charge in [-0.2, -0.15) is 0 Å². The summed E-state index contributed by atoms with van der Waals surface area (Å²) in [4.78, 5) is 27.2. The van der Waals surface area contributed by atoms with Crippen LogP contribution in [0.1, 0.15) is 42.2 Å². The molecule has 2 aromatic carbocycles. The second-order valence-electron chi connectivity index (χ2n) is 11.9. The van der Waals surface area contributed by atoms with Gasteiger partial charge in [0.05, 0.1) is 0 Å². The predicted molar refractivity (Wildman–Crippen MR) is 160 cm³/mol. The summed E-state index contributed by atoms with van der Waals surface area (Å²) >= 11 is 0. The highest BCUT2D eigenvalue weighted by atomic mass is 16.5. The fraction of sp³-hybridized carbons (Fsp3) is 0.419. The second kappa shape index (κ2) is 10.1. The van der Waals surface area contributed by atoms with Gasteiger partial charge < -0.3 is 30.2 Å². The van der Waals surface area contributed by atoms with Crippen molar-refractivity contribution in [3.8, 4) is 0 Å². The SMILES string of the molecule is CN1CCC2(CC1)CN(c1ccc(Nc3nc4c(nc3C(N)=O)c3ccccc3c(=N)n4C3CCOCC3)cc1)C2. The summed E-state index contributed by atoms with van der Waals surface area (Å²) in [5.74, 6) is -0.360. The van der Waals surface area contributed by atoms with Gasteiger partial charge in [0.1, 0.15) is 11.0 Å². The van der Waals surface area contributed by atoms with Crippen molar-refractivity contribution in [1.82, 2.24) is 19.4 Å². The molecule has 10 heteroatoms. The Morgan fingerprint density at radius 3 is 2.39 bits per heavy atom. The quantitative estimate of drug-likeness (QED) is 0.322. The number of anilines is 3. The van der Waals surface area contributed by atoms with Gasteiger partial charge in [0.15, 0.2) is 17.2 Å². The Labute approximate surface area is 238 Å². The van der Waals surface area contributed by atoms with E-state index in [2.05, 4.69) is 34.3 Å². The van der Waals surface area contributed by atoms with Crippen LogP contribution in [0.3, 0.4) is 0 Å². The number of benzene rings is 2. The van der Waals surface area contributed by atoms with Gasteiger partial charge in [-0.15, -0.1) is 0 Å². The van der Waals surface area contributed by atoms with Gasteiger partial charge in [-0.05, 0) is 70.1 Å². The number of nitrogens with two attached hydrogens (primary N) is 1. The minimum atomic E-state index is -0.654. The summed E-state index contributed by atoms with van der Waals surface area (Å²) in [5, 5.41) is 13.9. The lowest BCUT2D eigenvalue weighted by Gasteiger charge is -2.54. The zero-order valence-electron chi connectivity index (χ0n) is 23.4. The maximum Gasteiger partial charge on any atom is 0.271 e. The number of pyridine rings is 1. The van der Waals surface area contributed by atoms with Crippen molar-refractivity contribution < 1.29 is 9.53 Å². The first kappa shape index (κ1) is 25.9. The lowest BCUT2D eigenvalue weighted by atomic mass is 9.72. The van der Waals surface area contributed by atoms with Crippen molar-refractivity contribution in [3.05, 3.63) is 59.7 Å². The maximum absolute atomic E-state index is 12.6. The Hall–Kier alpha value is -4.02. The van der Waals surface area contributed by atoms with E-state index >= 15 is 0 Å². The summed E-state index contributed by atoms with van der Waals surface area (Å²) in [5.41, 5.74) is 9.87. The highest BCUT2D eigenvalue weighted by molar-refractivity contribution is 6.05. The molecule has 3 aliphatic rings. The van der Waals surface area contributed by atoms with Crippen molar-refractivity contribution in [3.63, 3.8) is 0 Å². The number of carbonyl (C=O) groups is 1. The highest BCUT2D eigenvalue weighted by Gasteiger charge is 2.44. The monoisotopic (exact) mass is 552 g/mol. The van der Waals surface area contributed by atoms with E-state index < -0.39 is 5.91 Å². The fourth-order valence-corrected chi connectivity index (χ4v) is 6.71. The van der Waals surface area contributed by atoms with Gasteiger partial charge in [0.25, 0.3) is 5.91 Å². The Morgan fingerprint density at radius 2 is 1.71 bits per heavy atom. The van der Waals surface area contributed by atoms with E-state index in [1.54, 1.807) is 0 Å². The van der Waals surface area contributed by atoms with Gasteiger partial charge in [-0.1, -0.05) is 24.3 Å². The number of primary amides is 1. The van der Waals surface area contributed by atoms with Crippen LogP contribution in [0.4, 0.5) is 17.2 Å². The molecule has 1 spiro atoms. The smallest absolute Gasteiger partial charge is 0.271 e. The van der Waals surface area contributed by atoms with Crippen LogP contribution in [-0.4, -0.2) is 71.8 Å². The van der Waals surface area contributed by atoms with Crippen LogP contribution >= 0.6 is 0 Å². The minimum absolute atomic E-state index is 0.0496. The lowest BCUT2D eigenvalue weighted by Crippen LogP contribution is -2.60. The van der Waals surface area contributed by atoms with Gasteiger partial charge >= 0.3 is 0 Å². The molecule has 0 aliphatic carbocycles. The molecule has 1 amide bonds. The number of aromatic nitrogens is 3. The standard InChI is InChI=1S/C31H36N8O2/c1-37-14-12-31(13-15-37)18-38(19-31)21-8-6-20(7-9-21)34-29-26(28(33)40)35-25-23-4-2-3-5-24(23)27(32)39(30(25)36-29)22-10-16-41-17-11-22/h2-9,22,32H,10-19H2,1H3,(H2,33,40)(H,34,36). The largest absolute Gasteiger partial charge is 0.381 e. The number of nitrogens with zero attached hydrogens (tertiary/aromatic N) is 5. The maximum atomic E-state index is 12.6. The van der Waals surface area contributed by atoms with Crippen molar-refractivity contribution in [2.24, 2.45) is 11.1 Å². The highest BCUT2D eigenvalue weighted by Crippen LogP contribution is 2.42. The fourth-order valence-electron chi connectivity index (χ4n) is 6.71. The molecule has 3 fully saturated rings. The van der Waals surface area contributed by atoms with Crippen LogP contribution in [0.5, 0.6) is 0 Å². The molecule has 3 aliphatic heterocycles. The van der Waals surface area contributed by atoms with Crippen LogP contribution in [0.25, 0.3) is 21.9 Å². The number of piperidine rings is 1. The average molecular weight is 553 g/mol. The summed E-state index contributed by atoms with van der Waals surface area (Å²) in [7, 11) is 2.21. The molecule has 2 aromatic heterocycles. The molecule has 0 atom stereocenters. The number of ether oxygens (including phenoxy) is 1. The Bertz CT molecular complexity index is 1680. The average Bonchev–Trinajstić information content (AvgIpc) is 2.97. The summed E-state index contributed by atoms with van der Waals surface area (Å²) < 4.78 is 7.55. The number of rotatable bonds is 5. The third kappa shape index (κ3) is 4.61. The van der Waals surface area contributed by atoms with Gasteiger partial charge in [-0.25, -0.2) is 9.97 Å². The van der Waals surface area contributed by atoms with Crippen molar-refractivity contribution in [1.29, 1.82) is 5.41 Å².